The van der Waals surface area contributed by atoms with Crippen molar-refractivity contribution in [2.45, 2.75) is 50.7 Å². The van der Waals surface area contributed by atoms with Gasteiger partial charge in [0.15, 0.2) is 0 Å². The second-order valence-corrected chi connectivity index (χ2v) is 6.33. The van der Waals surface area contributed by atoms with Crippen LogP contribution in [0.15, 0.2) is 24.3 Å². The highest BCUT2D eigenvalue weighted by Crippen LogP contribution is 2.33. The van der Waals surface area contributed by atoms with Gasteiger partial charge in [0.1, 0.15) is 0 Å². The van der Waals surface area contributed by atoms with Gasteiger partial charge in [-0.25, -0.2) is 4.79 Å². The summed E-state index contributed by atoms with van der Waals surface area (Å²) in [5, 5.41) is 15.3. The highest BCUT2D eigenvalue weighted by atomic mass is 16.4. The molecule has 1 amide bonds. The first kappa shape index (κ1) is 15.0. The van der Waals surface area contributed by atoms with Gasteiger partial charge in [0.25, 0.3) is 0 Å². The SMILES string of the molecule is O=C(O)c1ccc(CNC(=O)C2CC3CCCCC3N2)cc1. The topological polar surface area (TPSA) is 78.4 Å². The Labute approximate surface area is 130 Å². The van der Waals surface area contributed by atoms with Crippen LogP contribution in [-0.4, -0.2) is 29.1 Å². The predicted octanol–water partition coefficient (Wildman–Crippen LogP) is 1.92. The molecule has 2 fully saturated rings. The van der Waals surface area contributed by atoms with Crippen LogP contribution in [0.25, 0.3) is 0 Å². The van der Waals surface area contributed by atoms with Crippen molar-refractivity contribution in [3.63, 3.8) is 0 Å². The Balaban J connectivity index is 1.51. The molecule has 1 aliphatic heterocycles. The molecule has 0 bridgehead atoms. The van der Waals surface area contributed by atoms with E-state index in [1.165, 1.54) is 25.7 Å². The van der Waals surface area contributed by atoms with Crippen molar-refractivity contribution in [1.29, 1.82) is 0 Å². The van der Waals surface area contributed by atoms with Gasteiger partial charge in [-0.3, -0.25) is 4.79 Å². The highest BCUT2D eigenvalue weighted by Gasteiger charge is 2.37. The maximum Gasteiger partial charge on any atom is 0.335 e. The van der Waals surface area contributed by atoms with E-state index >= 15 is 0 Å². The van der Waals surface area contributed by atoms with Crippen LogP contribution in [0.5, 0.6) is 0 Å². The normalized spacial score (nSPS) is 27.2. The fraction of sp³-hybridized carbons (Fsp3) is 0.529. The number of carbonyl (C=O) groups is 2. The molecule has 0 spiro atoms. The minimum Gasteiger partial charge on any atom is -0.478 e. The van der Waals surface area contributed by atoms with E-state index in [9.17, 15) is 9.59 Å². The number of carboxylic acids is 1. The molecule has 1 saturated heterocycles. The van der Waals surface area contributed by atoms with Gasteiger partial charge in [0.05, 0.1) is 11.6 Å². The smallest absolute Gasteiger partial charge is 0.335 e. The zero-order valence-electron chi connectivity index (χ0n) is 12.5. The number of carbonyl (C=O) groups excluding carboxylic acids is 1. The largest absolute Gasteiger partial charge is 0.478 e. The first-order chi connectivity index (χ1) is 10.6. The van der Waals surface area contributed by atoms with Crippen molar-refractivity contribution in [2.24, 2.45) is 5.92 Å². The average Bonchev–Trinajstić information content (AvgIpc) is 2.97. The van der Waals surface area contributed by atoms with Gasteiger partial charge in [0, 0.05) is 12.6 Å². The van der Waals surface area contributed by atoms with Crippen LogP contribution in [0, 0.1) is 5.92 Å². The molecule has 118 valence electrons. The molecule has 22 heavy (non-hydrogen) atoms. The third-order valence-corrected chi connectivity index (χ3v) is 4.85. The van der Waals surface area contributed by atoms with Gasteiger partial charge >= 0.3 is 5.97 Å². The Morgan fingerprint density at radius 2 is 1.91 bits per heavy atom. The zero-order valence-corrected chi connectivity index (χ0v) is 12.5. The lowest BCUT2D eigenvalue weighted by Crippen LogP contribution is -2.42. The molecule has 1 aliphatic carbocycles. The molecule has 1 saturated carbocycles. The maximum atomic E-state index is 12.3. The Bertz CT molecular complexity index is 542. The number of hydrogen-bond acceptors (Lipinski definition) is 3. The number of aromatic carboxylic acids is 1. The molecular formula is C17H22N2O3. The predicted molar refractivity (Wildman–Crippen MR) is 82.5 cm³/mol. The summed E-state index contributed by atoms with van der Waals surface area (Å²) in [6.45, 7) is 0.437. The molecule has 3 rings (SSSR count). The standard InChI is InChI=1S/C17H22N2O3/c20-16(15-9-13-3-1-2-4-14(13)19-15)18-10-11-5-7-12(8-6-11)17(21)22/h5-8,13-15,19H,1-4,9-10H2,(H,18,20)(H,21,22). The van der Waals surface area contributed by atoms with Gasteiger partial charge in [-0.05, 0) is 42.9 Å². The van der Waals surface area contributed by atoms with Crippen LogP contribution in [-0.2, 0) is 11.3 Å². The number of amides is 1. The number of nitrogens with one attached hydrogen (secondary N) is 2. The van der Waals surface area contributed by atoms with Crippen LogP contribution in [0.2, 0.25) is 0 Å². The van der Waals surface area contributed by atoms with Crippen LogP contribution in [0.3, 0.4) is 0 Å². The minimum absolute atomic E-state index is 0.0525. The number of carboxylic acid groups (broad SMARTS) is 1. The molecular weight excluding hydrogens is 280 g/mol. The van der Waals surface area contributed by atoms with Crippen LogP contribution >= 0.6 is 0 Å². The van der Waals surface area contributed by atoms with E-state index in [1.807, 2.05) is 0 Å². The van der Waals surface area contributed by atoms with E-state index in [0.717, 1.165) is 12.0 Å². The summed E-state index contributed by atoms with van der Waals surface area (Å²) in [6.07, 6.45) is 5.91. The third-order valence-electron chi connectivity index (χ3n) is 4.85. The van der Waals surface area contributed by atoms with E-state index in [-0.39, 0.29) is 17.5 Å². The summed E-state index contributed by atoms with van der Waals surface area (Å²) in [6, 6.07) is 7.04. The van der Waals surface area contributed by atoms with Gasteiger partial charge in [0.2, 0.25) is 5.91 Å². The molecule has 1 heterocycles. The highest BCUT2D eigenvalue weighted by molar-refractivity contribution is 5.87. The molecule has 2 aliphatic rings. The lowest BCUT2D eigenvalue weighted by atomic mass is 9.85. The molecule has 5 heteroatoms. The maximum absolute atomic E-state index is 12.3. The first-order valence-electron chi connectivity index (χ1n) is 7.99. The van der Waals surface area contributed by atoms with E-state index < -0.39 is 5.97 Å². The fourth-order valence-corrected chi connectivity index (χ4v) is 3.60. The number of hydrogen-bond donors (Lipinski definition) is 3. The molecule has 3 atom stereocenters. The summed E-state index contributed by atoms with van der Waals surface area (Å²) < 4.78 is 0. The Morgan fingerprint density at radius 3 is 2.59 bits per heavy atom. The summed E-state index contributed by atoms with van der Waals surface area (Å²) in [5.41, 5.74) is 1.17. The molecule has 3 unspecified atom stereocenters. The van der Waals surface area contributed by atoms with Crippen LogP contribution in [0.4, 0.5) is 0 Å². The summed E-state index contributed by atoms with van der Waals surface area (Å²) >= 11 is 0. The van der Waals surface area contributed by atoms with E-state index in [1.54, 1.807) is 24.3 Å². The molecule has 3 N–H and O–H groups in total. The van der Waals surface area contributed by atoms with E-state index in [4.69, 9.17) is 5.11 Å². The summed E-state index contributed by atoms with van der Waals surface area (Å²) in [7, 11) is 0. The van der Waals surface area contributed by atoms with Crippen molar-refractivity contribution >= 4 is 11.9 Å². The first-order valence-corrected chi connectivity index (χ1v) is 7.99. The molecule has 1 aromatic rings. The average molecular weight is 302 g/mol. The molecule has 0 aromatic heterocycles. The Kier molecular flexibility index (Phi) is 4.43. The van der Waals surface area contributed by atoms with Gasteiger partial charge in [-0.15, -0.1) is 0 Å². The molecule has 1 aromatic carbocycles. The van der Waals surface area contributed by atoms with Crippen molar-refractivity contribution in [1.82, 2.24) is 10.6 Å². The summed E-state index contributed by atoms with van der Waals surface area (Å²) in [5.74, 6) is -0.232. The zero-order chi connectivity index (χ0) is 15.5. The van der Waals surface area contributed by atoms with Crippen LogP contribution < -0.4 is 10.6 Å². The van der Waals surface area contributed by atoms with Crippen LogP contribution in [0.1, 0.15) is 48.0 Å². The Hall–Kier alpha value is -1.88. The van der Waals surface area contributed by atoms with Gasteiger partial charge in [-0.1, -0.05) is 25.0 Å². The van der Waals surface area contributed by atoms with Crippen molar-refractivity contribution < 1.29 is 14.7 Å². The number of fused-ring (bicyclic) bond motifs is 1. The second kappa shape index (κ2) is 6.48. The van der Waals surface area contributed by atoms with Gasteiger partial charge in [-0.2, -0.15) is 0 Å². The van der Waals surface area contributed by atoms with Crippen molar-refractivity contribution in [3.05, 3.63) is 35.4 Å². The lowest BCUT2D eigenvalue weighted by molar-refractivity contribution is -0.123. The third kappa shape index (κ3) is 3.30. The number of rotatable bonds is 4. The second-order valence-electron chi connectivity index (χ2n) is 6.33. The van der Waals surface area contributed by atoms with Crippen molar-refractivity contribution in [2.75, 3.05) is 0 Å². The minimum atomic E-state index is -0.937. The van der Waals surface area contributed by atoms with E-state index in [0.29, 0.717) is 18.5 Å². The molecule has 5 nitrogen and oxygen atoms in total. The molecule has 0 radical (unpaired) electrons. The quantitative estimate of drug-likeness (QED) is 0.794. The fourth-order valence-electron chi connectivity index (χ4n) is 3.60. The number of benzene rings is 1. The monoisotopic (exact) mass is 302 g/mol. The van der Waals surface area contributed by atoms with E-state index in [2.05, 4.69) is 10.6 Å². The van der Waals surface area contributed by atoms with Crippen molar-refractivity contribution in [3.8, 4) is 0 Å². The lowest BCUT2D eigenvalue weighted by Gasteiger charge is -2.24. The Morgan fingerprint density at radius 1 is 1.18 bits per heavy atom. The van der Waals surface area contributed by atoms with Gasteiger partial charge < -0.3 is 15.7 Å². The summed E-state index contributed by atoms with van der Waals surface area (Å²) in [4.78, 5) is 23.1.